The van der Waals surface area contributed by atoms with Crippen molar-refractivity contribution in [3.8, 4) is 11.5 Å². The minimum absolute atomic E-state index is 0.596. The first-order chi connectivity index (χ1) is 11.7. The number of carboxylic acids is 1. The Morgan fingerprint density at radius 2 is 1.96 bits per heavy atom. The van der Waals surface area contributed by atoms with Crippen molar-refractivity contribution >= 4 is 23.8 Å². The number of hydrogen-bond donors (Lipinski definition) is 1. The second-order valence-electron chi connectivity index (χ2n) is 4.95. The first kappa shape index (κ1) is 17.9. The molecule has 2 rings (SSSR count). The van der Waals surface area contributed by atoms with Crippen LogP contribution < -0.4 is 9.47 Å². The molecule has 0 unspecified atom stereocenters. The van der Waals surface area contributed by atoms with Crippen molar-refractivity contribution in [2.24, 2.45) is 0 Å². The first-order valence-electron chi connectivity index (χ1n) is 7.59. The predicted molar refractivity (Wildman–Crippen MR) is 96.9 cm³/mol. The number of ether oxygens (including phenoxy) is 2. The van der Waals surface area contributed by atoms with E-state index in [-0.39, 0.29) is 0 Å². The molecule has 0 heterocycles. The molecule has 4 nitrogen and oxygen atoms in total. The van der Waals surface area contributed by atoms with Gasteiger partial charge in [-0.15, -0.1) is 11.8 Å². The molecule has 0 saturated heterocycles. The Hall–Kier alpha value is -2.40. The lowest BCUT2D eigenvalue weighted by Crippen LogP contribution is -2.00. The van der Waals surface area contributed by atoms with Gasteiger partial charge in [-0.1, -0.05) is 24.3 Å². The fraction of sp³-hybridized carbons (Fsp3) is 0.211. The Labute approximate surface area is 146 Å². The summed E-state index contributed by atoms with van der Waals surface area (Å²) in [5.74, 6) is 1.25. The molecular weight excluding hydrogens is 324 g/mol. The van der Waals surface area contributed by atoms with E-state index < -0.39 is 5.97 Å². The van der Waals surface area contributed by atoms with Gasteiger partial charge in [0.25, 0.3) is 0 Å². The van der Waals surface area contributed by atoms with E-state index in [1.807, 2.05) is 18.2 Å². The number of hydrogen-bond acceptors (Lipinski definition) is 4. The molecule has 2 aromatic carbocycles. The van der Waals surface area contributed by atoms with E-state index in [2.05, 4.69) is 12.1 Å². The maximum Gasteiger partial charge on any atom is 0.328 e. The van der Waals surface area contributed by atoms with Crippen LogP contribution in [-0.4, -0.2) is 30.5 Å². The van der Waals surface area contributed by atoms with E-state index in [1.165, 1.54) is 11.0 Å². The smallest absolute Gasteiger partial charge is 0.328 e. The normalized spacial score (nSPS) is 10.7. The molecule has 0 aliphatic carbocycles. The lowest BCUT2D eigenvalue weighted by atomic mass is 10.2. The van der Waals surface area contributed by atoms with Gasteiger partial charge in [-0.25, -0.2) is 4.79 Å². The highest BCUT2D eigenvalue weighted by Crippen LogP contribution is 2.29. The predicted octanol–water partition coefficient (Wildman–Crippen LogP) is 4.35. The van der Waals surface area contributed by atoms with Gasteiger partial charge in [-0.3, -0.25) is 0 Å². The summed E-state index contributed by atoms with van der Waals surface area (Å²) < 4.78 is 11.1. The highest BCUT2D eigenvalue weighted by atomic mass is 32.2. The molecule has 0 spiro atoms. The van der Waals surface area contributed by atoms with E-state index in [1.54, 1.807) is 37.1 Å². The van der Waals surface area contributed by atoms with Crippen LogP contribution in [0.25, 0.3) is 6.08 Å². The number of carbonyl (C=O) groups is 1. The van der Waals surface area contributed by atoms with Crippen molar-refractivity contribution in [1.82, 2.24) is 0 Å². The molecule has 0 aliphatic rings. The molecule has 0 atom stereocenters. The summed E-state index contributed by atoms with van der Waals surface area (Å²) >= 11 is 1.80. The Morgan fingerprint density at radius 1 is 1.17 bits per heavy atom. The average Bonchev–Trinajstić information content (AvgIpc) is 2.61. The lowest BCUT2D eigenvalue weighted by Gasteiger charge is -2.11. The summed E-state index contributed by atoms with van der Waals surface area (Å²) in [6.07, 6.45) is 3.53. The minimum Gasteiger partial charge on any atom is -0.493 e. The molecule has 0 amide bonds. The van der Waals surface area contributed by atoms with Gasteiger partial charge in [0.2, 0.25) is 0 Å². The third-order valence-electron chi connectivity index (χ3n) is 3.16. The van der Waals surface area contributed by atoms with Gasteiger partial charge in [0.1, 0.15) is 0 Å². The van der Waals surface area contributed by atoms with Gasteiger partial charge in [0.05, 0.1) is 13.7 Å². The van der Waals surface area contributed by atoms with Crippen LogP contribution in [0.1, 0.15) is 12.0 Å². The van der Waals surface area contributed by atoms with Crippen molar-refractivity contribution in [3.05, 3.63) is 60.2 Å². The van der Waals surface area contributed by atoms with Crippen LogP contribution in [0, 0.1) is 0 Å². The Morgan fingerprint density at radius 3 is 2.67 bits per heavy atom. The summed E-state index contributed by atoms with van der Waals surface area (Å²) in [6, 6.07) is 15.6. The van der Waals surface area contributed by atoms with E-state index >= 15 is 0 Å². The van der Waals surface area contributed by atoms with Crippen LogP contribution in [0.2, 0.25) is 0 Å². The number of thioether (sulfide) groups is 1. The highest BCUT2D eigenvalue weighted by Gasteiger charge is 2.05. The van der Waals surface area contributed by atoms with Crippen molar-refractivity contribution in [1.29, 1.82) is 0 Å². The monoisotopic (exact) mass is 344 g/mol. The van der Waals surface area contributed by atoms with E-state index in [0.717, 1.165) is 23.8 Å². The van der Waals surface area contributed by atoms with Gasteiger partial charge in [0, 0.05) is 16.7 Å². The summed E-state index contributed by atoms with van der Waals surface area (Å²) in [5.41, 5.74) is 0.751. The van der Waals surface area contributed by atoms with Crippen LogP contribution >= 0.6 is 11.8 Å². The molecule has 0 aromatic heterocycles. The second-order valence-corrected chi connectivity index (χ2v) is 6.11. The number of rotatable bonds is 9. The maximum atomic E-state index is 10.6. The molecule has 24 heavy (non-hydrogen) atoms. The molecule has 1 N–H and O–H groups in total. The van der Waals surface area contributed by atoms with Crippen LogP contribution in [0.3, 0.4) is 0 Å². The zero-order valence-corrected chi connectivity index (χ0v) is 14.3. The fourth-order valence-corrected chi connectivity index (χ4v) is 2.87. The number of methoxy groups -OCH3 is 1. The molecule has 2 aromatic rings. The van der Waals surface area contributed by atoms with E-state index in [0.29, 0.717) is 18.1 Å². The van der Waals surface area contributed by atoms with Crippen LogP contribution in [0.4, 0.5) is 0 Å². The average molecular weight is 344 g/mol. The van der Waals surface area contributed by atoms with Crippen LogP contribution in [0.15, 0.2) is 59.5 Å². The van der Waals surface area contributed by atoms with Gasteiger partial charge < -0.3 is 14.6 Å². The first-order valence-corrected chi connectivity index (χ1v) is 8.57. The minimum atomic E-state index is -0.981. The zero-order valence-electron chi connectivity index (χ0n) is 13.5. The van der Waals surface area contributed by atoms with E-state index in [4.69, 9.17) is 14.6 Å². The fourth-order valence-electron chi connectivity index (χ4n) is 2.02. The van der Waals surface area contributed by atoms with Gasteiger partial charge in [-0.05, 0) is 42.3 Å². The topological polar surface area (TPSA) is 55.8 Å². The molecule has 0 aliphatic heterocycles. The second kappa shape index (κ2) is 9.67. The Balaban J connectivity index is 1.82. The van der Waals surface area contributed by atoms with Gasteiger partial charge >= 0.3 is 5.97 Å². The molecule has 5 heteroatoms. The van der Waals surface area contributed by atoms with Crippen molar-refractivity contribution < 1.29 is 19.4 Å². The third kappa shape index (κ3) is 6.01. The Bertz CT molecular complexity index is 683. The number of benzene rings is 2. The maximum absolute atomic E-state index is 10.6. The number of aliphatic carboxylic acids is 1. The van der Waals surface area contributed by atoms with Gasteiger partial charge in [-0.2, -0.15) is 0 Å². The molecule has 0 saturated carbocycles. The van der Waals surface area contributed by atoms with Crippen molar-refractivity contribution in [2.45, 2.75) is 11.3 Å². The summed E-state index contributed by atoms with van der Waals surface area (Å²) in [5, 5.41) is 8.66. The standard InChI is InChI=1S/C19H20O4S/c1-22-18-14-15(9-11-19(20)21)8-10-17(18)23-12-5-13-24-16-6-3-2-4-7-16/h2-4,6-11,14H,5,12-13H2,1H3,(H,20,21)/b11-9+. The van der Waals surface area contributed by atoms with Crippen molar-refractivity contribution in [3.63, 3.8) is 0 Å². The van der Waals surface area contributed by atoms with Gasteiger partial charge in [0.15, 0.2) is 11.5 Å². The molecule has 0 fully saturated rings. The van der Waals surface area contributed by atoms with Crippen LogP contribution in [-0.2, 0) is 4.79 Å². The van der Waals surface area contributed by atoms with Crippen LogP contribution in [0.5, 0.6) is 11.5 Å². The largest absolute Gasteiger partial charge is 0.493 e. The third-order valence-corrected chi connectivity index (χ3v) is 4.26. The zero-order chi connectivity index (χ0) is 17.2. The lowest BCUT2D eigenvalue weighted by molar-refractivity contribution is -0.131. The summed E-state index contributed by atoms with van der Waals surface area (Å²) in [4.78, 5) is 11.8. The SMILES string of the molecule is COc1cc(/C=C/C(=O)O)ccc1OCCCSc1ccccc1. The molecule has 0 bridgehead atoms. The molecule has 0 radical (unpaired) electrons. The van der Waals surface area contributed by atoms with Crippen molar-refractivity contribution in [2.75, 3.05) is 19.5 Å². The van der Waals surface area contributed by atoms with E-state index in [9.17, 15) is 4.79 Å². The Kier molecular flexibility index (Phi) is 7.23. The summed E-state index contributed by atoms with van der Waals surface area (Å²) in [6.45, 7) is 0.598. The highest BCUT2D eigenvalue weighted by molar-refractivity contribution is 7.99. The molecule has 126 valence electrons. The number of carboxylic acid groups (broad SMARTS) is 1. The molecular formula is C19H20O4S. The summed E-state index contributed by atoms with van der Waals surface area (Å²) in [7, 11) is 1.57. The quantitative estimate of drug-likeness (QED) is 0.416.